The number of carbonyl (C=O) groups excluding carboxylic acids is 1. The third-order valence-electron chi connectivity index (χ3n) is 2.35. The Hall–Kier alpha value is -0.790. The maximum absolute atomic E-state index is 10.9. The second-order valence-corrected chi connectivity index (χ2v) is 3.81. The van der Waals surface area contributed by atoms with Gasteiger partial charge in [0.05, 0.1) is 0 Å². The van der Waals surface area contributed by atoms with E-state index in [9.17, 15) is 4.79 Å². The molecule has 1 amide bonds. The summed E-state index contributed by atoms with van der Waals surface area (Å²) in [6.45, 7) is 4.88. The van der Waals surface area contributed by atoms with Crippen LogP contribution in [0.5, 0.6) is 0 Å². The van der Waals surface area contributed by atoms with Crippen LogP contribution in [0.1, 0.15) is 58.8 Å². The number of allylic oxidation sites excluding steroid dienone is 1. The fraction of sp³-hybridized carbons (Fsp3) is 0.769. The van der Waals surface area contributed by atoms with Crippen molar-refractivity contribution in [3.63, 3.8) is 0 Å². The number of hydrogen-bond acceptors (Lipinski definition) is 1. The predicted octanol–water partition coefficient (Wildman–Crippen LogP) is 3.43. The van der Waals surface area contributed by atoms with E-state index in [1.54, 1.807) is 0 Å². The summed E-state index contributed by atoms with van der Waals surface area (Å²) in [5.74, 6) is 0.145. The third kappa shape index (κ3) is 11.1. The highest BCUT2D eigenvalue weighted by atomic mass is 16.1. The molecule has 0 aliphatic carbocycles. The first-order valence-electron chi connectivity index (χ1n) is 6.23. The van der Waals surface area contributed by atoms with Crippen molar-refractivity contribution in [1.82, 2.24) is 5.32 Å². The van der Waals surface area contributed by atoms with Crippen molar-refractivity contribution in [3.05, 3.63) is 12.2 Å². The Morgan fingerprint density at radius 2 is 1.80 bits per heavy atom. The lowest BCUT2D eigenvalue weighted by Gasteiger charge is -1.99. The molecule has 0 aromatic rings. The van der Waals surface area contributed by atoms with Crippen LogP contribution in [0.3, 0.4) is 0 Å². The molecule has 0 saturated heterocycles. The molecule has 2 nitrogen and oxygen atoms in total. The first kappa shape index (κ1) is 14.2. The molecule has 0 atom stereocenters. The van der Waals surface area contributed by atoms with Crippen LogP contribution >= 0.6 is 0 Å². The molecule has 15 heavy (non-hydrogen) atoms. The summed E-state index contributed by atoms with van der Waals surface area (Å²) in [6, 6.07) is 0. The van der Waals surface area contributed by atoms with Crippen LogP contribution < -0.4 is 5.32 Å². The Kier molecular flexibility index (Phi) is 10.7. The zero-order chi connectivity index (χ0) is 11.4. The zero-order valence-electron chi connectivity index (χ0n) is 10.2. The van der Waals surface area contributed by atoms with Crippen LogP contribution in [0, 0.1) is 0 Å². The summed E-state index contributed by atoms with van der Waals surface area (Å²) >= 11 is 0. The monoisotopic (exact) mass is 211 g/mol. The first-order chi connectivity index (χ1) is 7.31. The number of carbonyl (C=O) groups is 1. The lowest BCUT2D eigenvalue weighted by Crippen LogP contribution is -2.22. The van der Waals surface area contributed by atoms with E-state index in [1.807, 2.05) is 6.92 Å². The molecule has 88 valence electrons. The van der Waals surface area contributed by atoms with Crippen molar-refractivity contribution in [2.24, 2.45) is 0 Å². The number of nitrogens with one attached hydrogen (secondary N) is 1. The van der Waals surface area contributed by atoms with Crippen LogP contribution in [-0.2, 0) is 4.79 Å². The summed E-state index contributed by atoms with van der Waals surface area (Å²) in [5, 5.41) is 2.85. The SMILES string of the molecule is CCCCCC/C=C\CCNC(=O)CC. The van der Waals surface area contributed by atoms with Gasteiger partial charge >= 0.3 is 0 Å². The van der Waals surface area contributed by atoms with Crippen LogP contribution in [0.25, 0.3) is 0 Å². The molecule has 0 radical (unpaired) electrons. The molecule has 0 unspecified atom stereocenters. The van der Waals surface area contributed by atoms with Gasteiger partial charge in [0.2, 0.25) is 5.91 Å². The van der Waals surface area contributed by atoms with Gasteiger partial charge in [0, 0.05) is 13.0 Å². The molecule has 0 aliphatic heterocycles. The van der Waals surface area contributed by atoms with E-state index in [4.69, 9.17) is 0 Å². The summed E-state index contributed by atoms with van der Waals surface area (Å²) in [7, 11) is 0. The second-order valence-electron chi connectivity index (χ2n) is 3.81. The number of unbranched alkanes of at least 4 members (excludes halogenated alkanes) is 4. The Bertz CT molecular complexity index is 175. The molecular formula is C13H25NO. The Labute approximate surface area is 94.1 Å². The Balaban J connectivity index is 3.14. The quantitative estimate of drug-likeness (QED) is 0.459. The van der Waals surface area contributed by atoms with Crippen molar-refractivity contribution < 1.29 is 4.79 Å². The van der Waals surface area contributed by atoms with Gasteiger partial charge in [0.15, 0.2) is 0 Å². The largest absolute Gasteiger partial charge is 0.356 e. The van der Waals surface area contributed by atoms with Crippen molar-refractivity contribution in [3.8, 4) is 0 Å². The van der Waals surface area contributed by atoms with E-state index in [-0.39, 0.29) is 5.91 Å². The smallest absolute Gasteiger partial charge is 0.219 e. The molecule has 0 aliphatic rings. The van der Waals surface area contributed by atoms with E-state index in [0.29, 0.717) is 6.42 Å². The van der Waals surface area contributed by atoms with Gasteiger partial charge in [-0.1, -0.05) is 45.3 Å². The van der Waals surface area contributed by atoms with Crippen molar-refractivity contribution in [2.75, 3.05) is 6.54 Å². The minimum absolute atomic E-state index is 0.145. The third-order valence-corrected chi connectivity index (χ3v) is 2.35. The molecule has 0 heterocycles. The van der Waals surface area contributed by atoms with Gasteiger partial charge in [0.25, 0.3) is 0 Å². The van der Waals surface area contributed by atoms with E-state index >= 15 is 0 Å². The average molecular weight is 211 g/mol. The standard InChI is InChI=1S/C13H25NO/c1-3-5-6-7-8-9-10-11-12-14-13(15)4-2/h9-10H,3-8,11-12H2,1-2H3,(H,14,15)/b10-9-. The highest BCUT2D eigenvalue weighted by molar-refractivity contribution is 5.75. The second kappa shape index (κ2) is 11.3. The molecule has 0 fully saturated rings. The van der Waals surface area contributed by atoms with Crippen molar-refractivity contribution in [2.45, 2.75) is 58.8 Å². The predicted molar refractivity (Wildman–Crippen MR) is 65.8 cm³/mol. The molecule has 0 spiro atoms. The zero-order valence-corrected chi connectivity index (χ0v) is 10.2. The lowest BCUT2D eigenvalue weighted by atomic mass is 10.1. The lowest BCUT2D eigenvalue weighted by molar-refractivity contribution is -0.120. The fourth-order valence-corrected chi connectivity index (χ4v) is 1.34. The van der Waals surface area contributed by atoms with Gasteiger partial charge in [-0.2, -0.15) is 0 Å². The number of amides is 1. The first-order valence-corrected chi connectivity index (χ1v) is 6.23. The normalized spacial score (nSPS) is 10.8. The van der Waals surface area contributed by atoms with E-state index < -0.39 is 0 Å². The van der Waals surface area contributed by atoms with Gasteiger partial charge < -0.3 is 5.32 Å². The van der Waals surface area contributed by atoms with E-state index in [0.717, 1.165) is 13.0 Å². The highest BCUT2D eigenvalue weighted by Gasteiger charge is 1.92. The van der Waals surface area contributed by atoms with Gasteiger partial charge in [-0.15, -0.1) is 0 Å². The van der Waals surface area contributed by atoms with Gasteiger partial charge in [-0.05, 0) is 19.3 Å². The van der Waals surface area contributed by atoms with Gasteiger partial charge in [-0.25, -0.2) is 0 Å². The minimum Gasteiger partial charge on any atom is -0.356 e. The molecular weight excluding hydrogens is 186 g/mol. The van der Waals surface area contributed by atoms with Gasteiger partial charge in [0.1, 0.15) is 0 Å². The molecule has 0 aromatic heterocycles. The van der Waals surface area contributed by atoms with Crippen LogP contribution in [-0.4, -0.2) is 12.5 Å². The number of rotatable bonds is 9. The van der Waals surface area contributed by atoms with Gasteiger partial charge in [-0.3, -0.25) is 4.79 Å². The Morgan fingerprint density at radius 3 is 2.47 bits per heavy atom. The molecule has 1 N–H and O–H groups in total. The van der Waals surface area contributed by atoms with Crippen molar-refractivity contribution >= 4 is 5.91 Å². The van der Waals surface area contributed by atoms with Crippen molar-refractivity contribution in [1.29, 1.82) is 0 Å². The minimum atomic E-state index is 0.145. The van der Waals surface area contributed by atoms with E-state index in [2.05, 4.69) is 24.4 Å². The molecule has 0 aromatic carbocycles. The topological polar surface area (TPSA) is 29.1 Å². The average Bonchev–Trinajstić information content (AvgIpc) is 2.26. The van der Waals surface area contributed by atoms with Crippen LogP contribution in [0.2, 0.25) is 0 Å². The van der Waals surface area contributed by atoms with Crippen LogP contribution in [0.4, 0.5) is 0 Å². The summed E-state index contributed by atoms with van der Waals surface area (Å²) in [6.07, 6.45) is 12.4. The summed E-state index contributed by atoms with van der Waals surface area (Å²) in [5.41, 5.74) is 0. The molecule has 0 bridgehead atoms. The van der Waals surface area contributed by atoms with E-state index in [1.165, 1.54) is 32.1 Å². The summed E-state index contributed by atoms with van der Waals surface area (Å²) < 4.78 is 0. The fourth-order valence-electron chi connectivity index (χ4n) is 1.34. The highest BCUT2D eigenvalue weighted by Crippen LogP contribution is 2.02. The summed E-state index contributed by atoms with van der Waals surface area (Å²) in [4.78, 5) is 10.9. The maximum atomic E-state index is 10.9. The Morgan fingerprint density at radius 1 is 1.07 bits per heavy atom. The maximum Gasteiger partial charge on any atom is 0.219 e. The number of hydrogen-bond donors (Lipinski definition) is 1. The van der Waals surface area contributed by atoms with Crippen LogP contribution in [0.15, 0.2) is 12.2 Å². The molecule has 0 rings (SSSR count). The molecule has 2 heteroatoms. The molecule has 0 saturated carbocycles.